The van der Waals surface area contributed by atoms with E-state index >= 15 is 0 Å². The van der Waals surface area contributed by atoms with Gasteiger partial charge in [-0.1, -0.05) is 16.2 Å². The van der Waals surface area contributed by atoms with Crippen LogP contribution in [0.2, 0.25) is 0 Å². The maximum Gasteiger partial charge on any atom is 0.418 e. The molecule has 1 fully saturated rings. The molecule has 20 nitrogen and oxygen atoms in total. The summed E-state index contributed by atoms with van der Waals surface area (Å²) in [4.78, 5) is 52.9. The van der Waals surface area contributed by atoms with Crippen LogP contribution < -0.4 is 31.4 Å². The monoisotopic (exact) mass is 764 g/mol. The molecule has 2 aromatic heterocycles. The maximum absolute atomic E-state index is 13.5. The van der Waals surface area contributed by atoms with E-state index in [1.807, 2.05) is 12.3 Å². The van der Waals surface area contributed by atoms with E-state index in [0.29, 0.717) is 23.2 Å². The Morgan fingerprint density at radius 2 is 2.06 bits per heavy atom. The number of aryl methyl sites for hydroxylation is 2. The molecule has 5 rings (SSSR count). The van der Waals surface area contributed by atoms with Gasteiger partial charge in [0.15, 0.2) is 16.9 Å². The van der Waals surface area contributed by atoms with E-state index in [-0.39, 0.29) is 30.3 Å². The van der Waals surface area contributed by atoms with E-state index < -0.39 is 63.3 Å². The fourth-order valence-electron chi connectivity index (χ4n) is 5.49. The number of hydrogen-bond acceptors (Lipinski definition) is 16. The number of nitrogen functional groups attached to an aromatic ring is 1. The van der Waals surface area contributed by atoms with Gasteiger partial charge in [-0.25, -0.2) is 14.3 Å². The molecule has 3 aromatic rings. The molecule has 1 saturated heterocycles. The molecule has 1 aromatic carbocycles. The Labute approximate surface area is 301 Å². The van der Waals surface area contributed by atoms with E-state index in [1.165, 1.54) is 26.2 Å². The average molecular weight is 765 g/mol. The number of β-lactam (4-membered cyclic amide) rings is 1. The molecule has 2 aliphatic rings. The van der Waals surface area contributed by atoms with Crippen LogP contribution in [0.4, 0.5) is 11.1 Å². The third kappa shape index (κ3) is 7.90. The van der Waals surface area contributed by atoms with E-state index in [9.17, 15) is 33.0 Å². The van der Waals surface area contributed by atoms with Gasteiger partial charge in [-0.2, -0.15) is 13.5 Å². The standard InChI is InChI=1S/C30H37N9O11S2/c1-29(2)23(25(42)39(29)50-52(45,46)47)36-24(41)22(19-14-51-27(32)35-19)37-49-30(3,26(43)44)21-8-6-16-9-15(5-7-20(16)48-21)17-11-33-28(38(4)13-17)34-12-18(40)10-31/h5,7,9,11,13-14,18,21,23,40H,6,8,10,12,31H2,1-4H3,(H5,32,35,36,41,43,44,45,46,47)/p+1/b37-22-/t18-,21-,23-,30+/m1/s1. The predicted molar refractivity (Wildman–Crippen MR) is 183 cm³/mol. The highest BCUT2D eigenvalue weighted by molar-refractivity contribution is 7.80. The van der Waals surface area contributed by atoms with Gasteiger partial charge in [-0.3, -0.25) is 19.5 Å². The number of carbonyl (C=O) groups excluding carboxylic acids is 2. The number of hydroxylamine groups is 2. The number of aliphatic hydroxyl groups is 1. The van der Waals surface area contributed by atoms with Crippen LogP contribution in [0.5, 0.6) is 5.75 Å². The zero-order valence-corrected chi connectivity index (χ0v) is 30.0. The van der Waals surface area contributed by atoms with Gasteiger partial charge in [-0.15, -0.1) is 15.6 Å². The second-order valence-corrected chi connectivity index (χ2v) is 14.6. The third-order valence-corrected chi connectivity index (χ3v) is 9.58. The number of nitrogens with zero attached hydrogens (tertiary/aromatic N) is 5. The summed E-state index contributed by atoms with van der Waals surface area (Å²) >= 11 is 0.959. The minimum absolute atomic E-state index is 0.0513. The van der Waals surface area contributed by atoms with E-state index in [4.69, 9.17) is 25.6 Å². The lowest BCUT2D eigenvalue weighted by Gasteiger charge is -2.50. The number of thiazole rings is 1. The molecule has 4 atom stereocenters. The number of rotatable bonds is 14. The SMILES string of the molecule is C[n+]1cc(-c2ccc3c(c2)CC[C@H]([C@](C)(O/N=C(\C(=O)N[C@@H]2C(=O)N(OS(=O)(=O)O)C2(C)C)c2csc(N)n2)C(=O)O)O3)cnc1NC[C@H](O)CN. The highest BCUT2D eigenvalue weighted by atomic mass is 32.3. The Hall–Kier alpha value is -5.00. The number of carbonyl (C=O) groups is 3. The number of aromatic nitrogens is 3. The fourth-order valence-corrected chi connectivity index (χ4v) is 6.49. The Morgan fingerprint density at radius 1 is 1.33 bits per heavy atom. The lowest BCUT2D eigenvalue weighted by atomic mass is 9.84. The van der Waals surface area contributed by atoms with Crippen LogP contribution in [0.1, 0.15) is 38.4 Å². The third-order valence-electron chi connectivity index (χ3n) is 8.57. The van der Waals surface area contributed by atoms with Crippen LogP contribution >= 0.6 is 11.3 Å². The molecule has 0 saturated carbocycles. The first-order valence-electron chi connectivity index (χ1n) is 15.6. The number of carboxylic acid groups (broad SMARTS) is 1. The maximum atomic E-state index is 13.5. The number of aliphatic carboxylic acids is 1. The van der Waals surface area contributed by atoms with Crippen molar-refractivity contribution in [3.63, 3.8) is 0 Å². The molecule has 0 bridgehead atoms. The number of anilines is 2. The van der Waals surface area contributed by atoms with Crippen molar-refractivity contribution in [2.75, 3.05) is 24.1 Å². The molecule has 9 N–H and O–H groups in total. The van der Waals surface area contributed by atoms with Gasteiger partial charge in [0.25, 0.3) is 17.4 Å². The van der Waals surface area contributed by atoms with Crippen molar-refractivity contribution >= 4 is 56.3 Å². The molecule has 0 spiro atoms. The fraction of sp³-hybridized carbons (Fsp3) is 0.433. The minimum atomic E-state index is -5.04. The number of nitrogens with two attached hydrogens (primary N) is 2. The highest BCUT2D eigenvalue weighted by Gasteiger charge is 2.58. The second-order valence-electron chi connectivity index (χ2n) is 12.7. The van der Waals surface area contributed by atoms with Crippen LogP contribution in [0.15, 0.2) is 41.1 Å². The van der Waals surface area contributed by atoms with Gasteiger partial charge in [0.1, 0.15) is 23.7 Å². The molecule has 0 radical (unpaired) electrons. The van der Waals surface area contributed by atoms with Crippen LogP contribution in [0.25, 0.3) is 11.1 Å². The highest BCUT2D eigenvalue weighted by Crippen LogP contribution is 2.37. The summed E-state index contributed by atoms with van der Waals surface area (Å²) in [6, 6.07) is 4.06. The molecule has 4 heterocycles. The number of benzene rings is 1. The van der Waals surface area contributed by atoms with Crippen molar-refractivity contribution in [3.05, 3.63) is 47.2 Å². The number of fused-ring (bicyclic) bond motifs is 1. The summed E-state index contributed by atoms with van der Waals surface area (Å²) in [7, 11) is -3.24. The number of hydrogen-bond donors (Lipinski definition) is 7. The van der Waals surface area contributed by atoms with Crippen molar-refractivity contribution in [2.45, 2.75) is 63.0 Å². The number of amides is 2. The number of ether oxygens (including phenoxy) is 1. The average Bonchev–Trinajstić information content (AvgIpc) is 3.53. The Morgan fingerprint density at radius 3 is 2.65 bits per heavy atom. The molecule has 280 valence electrons. The summed E-state index contributed by atoms with van der Waals surface area (Å²) in [6.45, 7) is 4.32. The molecule has 2 aliphatic heterocycles. The summed E-state index contributed by atoms with van der Waals surface area (Å²) in [6.07, 6.45) is 2.33. The van der Waals surface area contributed by atoms with E-state index in [2.05, 4.69) is 30.0 Å². The van der Waals surface area contributed by atoms with Gasteiger partial charge in [0.05, 0.1) is 31.4 Å². The Bertz CT molecular complexity index is 2020. The summed E-state index contributed by atoms with van der Waals surface area (Å²) in [5.74, 6) is -2.52. The molecule has 52 heavy (non-hydrogen) atoms. The zero-order valence-electron chi connectivity index (χ0n) is 28.3. The molecular weight excluding hydrogens is 727 g/mol. The molecule has 0 aliphatic carbocycles. The summed E-state index contributed by atoms with van der Waals surface area (Å²) in [5, 5.41) is 31.2. The quantitative estimate of drug-likeness (QED) is 0.0346. The number of aliphatic hydroxyl groups excluding tert-OH is 1. The minimum Gasteiger partial charge on any atom is -0.485 e. The Balaban J connectivity index is 1.34. The Kier molecular flexibility index (Phi) is 10.7. The molecular formula is C30H38N9O11S2+. The topological polar surface area (TPSA) is 295 Å². The molecule has 0 unspecified atom stereocenters. The lowest BCUT2D eigenvalue weighted by Crippen LogP contribution is -2.76. The first kappa shape index (κ1) is 38.2. The van der Waals surface area contributed by atoms with Crippen LogP contribution in [0, 0.1) is 0 Å². The van der Waals surface area contributed by atoms with E-state index in [0.717, 1.165) is 28.0 Å². The largest absolute Gasteiger partial charge is 0.485 e. The smallest absolute Gasteiger partial charge is 0.418 e. The number of nitrogens with one attached hydrogen (secondary N) is 2. The van der Waals surface area contributed by atoms with Gasteiger partial charge in [0, 0.05) is 17.5 Å². The first-order chi connectivity index (χ1) is 24.3. The van der Waals surface area contributed by atoms with Crippen molar-refractivity contribution in [3.8, 4) is 16.9 Å². The lowest BCUT2D eigenvalue weighted by molar-refractivity contribution is -0.659. The summed E-state index contributed by atoms with van der Waals surface area (Å²) in [5.41, 5.74) is 9.46. The van der Waals surface area contributed by atoms with Gasteiger partial charge in [-0.05, 0) is 56.9 Å². The van der Waals surface area contributed by atoms with Crippen molar-refractivity contribution in [1.29, 1.82) is 0 Å². The van der Waals surface area contributed by atoms with Crippen molar-refractivity contribution in [1.82, 2.24) is 20.3 Å². The molecule has 2 amide bonds. The first-order valence-corrected chi connectivity index (χ1v) is 17.9. The van der Waals surface area contributed by atoms with Crippen molar-refractivity contribution < 1.29 is 56.0 Å². The molecule has 22 heteroatoms. The zero-order chi connectivity index (χ0) is 38.2. The predicted octanol–water partition coefficient (Wildman–Crippen LogP) is -0.859. The van der Waals surface area contributed by atoms with Crippen LogP contribution in [-0.4, -0.2) is 104 Å². The van der Waals surface area contributed by atoms with Gasteiger partial charge >= 0.3 is 22.3 Å². The number of carboxylic acids is 1. The van der Waals surface area contributed by atoms with Crippen LogP contribution in [0.3, 0.4) is 0 Å². The van der Waals surface area contributed by atoms with E-state index in [1.54, 1.807) is 29.9 Å². The summed E-state index contributed by atoms with van der Waals surface area (Å²) < 4.78 is 43.6. The second kappa shape index (κ2) is 14.6. The van der Waals surface area contributed by atoms with Crippen LogP contribution in [-0.2, 0) is 47.4 Å². The normalized spacial score (nSPS) is 20.1. The van der Waals surface area contributed by atoms with Gasteiger partial charge < -0.3 is 36.6 Å². The van der Waals surface area contributed by atoms with Gasteiger partial charge in [0.2, 0.25) is 0 Å². The number of oxime groups is 1. The van der Waals surface area contributed by atoms with Crippen molar-refractivity contribution in [2.24, 2.45) is 17.9 Å².